The van der Waals surface area contributed by atoms with Crippen molar-refractivity contribution in [1.82, 2.24) is 20.1 Å². The molecule has 2 aliphatic rings. The summed E-state index contributed by atoms with van der Waals surface area (Å²) >= 11 is 13.2. The third-order valence-electron chi connectivity index (χ3n) is 6.21. The van der Waals surface area contributed by atoms with E-state index in [-0.39, 0.29) is 28.7 Å². The number of thiazole rings is 1. The van der Waals surface area contributed by atoms with Gasteiger partial charge in [-0.3, -0.25) is 0 Å². The molecule has 9 nitrogen and oxygen atoms in total. The number of benzene rings is 1. The quantitative estimate of drug-likeness (QED) is 0.439. The maximum Gasteiger partial charge on any atom is 0.418 e. The van der Waals surface area contributed by atoms with Crippen LogP contribution in [0.3, 0.4) is 0 Å². The van der Waals surface area contributed by atoms with Gasteiger partial charge in [-0.1, -0.05) is 23.2 Å². The number of rotatable bonds is 6. The van der Waals surface area contributed by atoms with Crippen LogP contribution in [0.4, 0.5) is 13.2 Å². The monoisotopic (exact) mass is 586 g/mol. The fraction of sp³-hybridized carbons (Fsp3) is 0.348. The molecular weight excluding hydrogens is 568 g/mol. The number of hydrogen-bond acceptors (Lipinski definition) is 9. The predicted octanol–water partition coefficient (Wildman–Crippen LogP) is 4.30. The maximum atomic E-state index is 13.9. The van der Waals surface area contributed by atoms with Crippen molar-refractivity contribution in [2.45, 2.75) is 36.6 Å². The molecule has 1 aromatic carbocycles. The lowest BCUT2D eigenvalue weighted by Gasteiger charge is -2.51. The van der Waals surface area contributed by atoms with Crippen molar-refractivity contribution in [3.63, 3.8) is 0 Å². The van der Waals surface area contributed by atoms with E-state index in [9.17, 15) is 18.4 Å². The Morgan fingerprint density at radius 1 is 1.37 bits per heavy atom. The van der Waals surface area contributed by atoms with Crippen LogP contribution in [0, 0.1) is 11.3 Å². The van der Waals surface area contributed by atoms with Crippen molar-refractivity contribution in [2.75, 3.05) is 13.7 Å². The van der Waals surface area contributed by atoms with Crippen LogP contribution in [-0.2, 0) is 20.4 Å². The Bertz CT molecular complexity index is 1420. The number of methoxy groups -OCH3 is 1. The van der Waals surface area contributed by atoms with E-state index in [0.717, 1.165) is 22.9 Å². The third kappa shape index (κ3) is 4.95. The smallest absolute Gasteiger partial charge is 0.395 e. The fourth-order valence-electron chi connectivity index (χ4n) is 4.48. The number of nitriles is 1. The Morgan fingerprint density at radius 3 is 2.76 bits per heavy atom. The molecule has 5 unspecified atom stereocenters. The van der Waals surface area contributed by atoms with Crippen molar-refractivity contribution in [2.24, 2.45) is 5.73 Å². The van der Waals surface area contributed by atoms with Crippen molar-refractivity contribution in [3.8, 4) is 11.8 Å². The Kier molecular flexibility index (Phi) is 7.29. The first-order valence-corrected chi connectivity index (χ1v) is 12.7. The van der Waals surface area contributed by atoms with Crippen molar-refractivity contribution in [1.29, 1.82) is 5.26 Å². The average molecular weight is 587 g/mol. The largest absolute Gasteiger partial charge is 0.418 e. The maximum absolute atomic E-state index is 13.9. The van der Waals surface area contributed by atoms with Gasteiger partial charge in [-0.25, -0.2) is 9.67 Å². The van der Waals surface area contributed by atoms with Crippen LogP contribution in [0.5, 0.6) is 0 Å². The van der Waals surface area contributed by atoms with E-state index in [4.69, 9.17) is 43.1 Å². The highest BCUT2D eigenvalue weighted by atomic mass is 35.5. The molecule has 2 aliphatic heterocycles. The molecule has 200 valence electrons. The standard InChI is InChI=1S/C23H19Cl2F3N6O3S/c1-35-21-18(31-7-13(30)22-32-17(25)9-38-22)20-16(8-36-20)37-19(21)15-5-11(6-29)33-34(15)14-4-10(24)2-3-12(14)23(26,27)28/h2-5,7,9,16,18-21,31H,8,30H2,1H3/b13-7-. The summed E-state index contributed by atoms with van der Waals surface area (Å²) in [4.78, 5) is 4.14. The normalized spacial score (nSPS) is 25.4. The molecular formula is C23H19Cl2F3N6O3S. The zero-order chi connectivity index (χ0) is 27.2. The molecule has 0 spiro atoms. The summed E-state index contributed by atoms with van der Waals surface area (Å²) in [5, 5.41) is 19.4. The van der Waals surface area contributed by atoms with E-state index in [1.807, 2.05) is 6.07 Å². The topological polar surface area (TPSA) is 120 Å². The van der Waals surface area contributed by atoms with E-state index in [2.05, 4.69) is 15.4 Å². The van der Waals surface area contributed by atoms with Crippen molar-refractivity contribution in [3.05, 3.63) is 68.0 Å². The highest BCUT2D eigenvalue weighted by Crippen LogP contribution is 2.42. The predicted molar refractivity (Wildman–Crippen MR) is 133 cm³/mol. The van der Waals surface area contributed by atoms with E-state index in [1.165, 1.54) is 24.5 Å². The molecule has 5 atom stereocenters. The summed E-state index contributed by atoms with van der Waals surface area (Å²) in [7, 11) is 1.44. The van der Waals surface area contributed by atoms with Crippen LogP contribution in [0.1, 0.15) is 28.1 Å². The SMILES string of the molecule is COC1C(c2cc(C#N)nn2-c2cc(Cl)ccc2C(F)(F)F)OC2COC2C1N/C=C(\N)c1nc(Cl)cs1. The van der Waals surface area contributed by atoms with E-state index in [0.29, 0.717) is 15.9 Å². The van der Waals surface area contributed by atoms with E-state index >= 15 is 0 Å². The van der Waals surface area contributed by atoms with Gasteiger partial charge in [-0.05, 0) is 18.2 Å². The lowest BCUT2D eigenvalue weighted by atomic mass is 9.88. The number of hydrogen-bond donors (Lipinski definition) is 2. The van der Waals surface area contributed by atoms with Crippen molar-refractivity contribution >= 4 is 40.2 Å². The highest BCUT2D eigenvalue weighted by molar-refractivity contribution is 7.11. The van der Waals surface area contributed by atoms with Crippen LogP contribution < -0.4 is 11.1 Å². The number of alkyl halides is 3. The molecule has 0 aliphatic carbocycles. The second-order valence-electron chi connectivity index (χ2n) is 8.50. The lowest BCUT2D eigenvalue weighted by molar-refractivity contribution is -0.280. The summed E-state index contributed by atoms with van der Waals surface area (Å²) in [5.41, 5.74) is 5.23. The third-order valence-corrected chi connectivity index (χ3v) is 7.66. The van der Waals surface area contributed by atoms with Gasteiger partial charge in [0.15, 0.2) is 5.69 Å². The first-order valence-electron chi connectivity index (χ1n) is 11.1. The number of fused-ring (bicyclic) bond motifs is 1. The van der Waals surface area contributed by atoms with Gasteiger partial charge >= 0.3 is 6.18 Å². The number of nitrogens with zero attached hydrogens (tertiary/aromatic N) is 4. The van der Waals surface area contributed by atoms with Gasteiger partial charge in [0.2, 0.25) is 0 Å². The van der Waals surface area contributed by atoms with Crippen LogP contribution in [-0.4, -0.2) is 52.8 Å². The minimum absolute atomic E-state index is 0.0655. The molecule has 3 aromatic rings. The number of nitrogens with two attached hydrogens (primary N) is 1. The number of nitrogens with one attached hydrogen (secondary N) is 1. The summed E-state index contributed by atoms with van der Waals surface area (Å²) in [6.45, 7) is 0.265. The molecule has 2 aromatic heterocycles. The van der Waals surface area contributed by atoms with Gasteiger partial charge in [-0.2, -0.15) is 23.5 Å². The Balaban J connectivity index is 1.55. The summed E-state index contributed by atoms with van der Waals surface area (Å²) in [6.07, 6.45) is -5.70. The number of ether oxygens (including phenoxy) is 3. The second kappa shape index (κ2) is 10.4. The molecule has 0 bridgehead atoms. The first kappa shape index (κ1) is 26.7. The lowest BCUT2D eigenvalue weighted by Crippen LogP contribution is -2.67. The molecule has 4 heterocycles. The number of aromatic nitrogens is 3. The van der Waals surface area contributed by atoms with Crippen LogP contribution in [0.15, 0.2) is 35.8 Å². The zero-order valence-electron chi connectivity index (χ0n) is 19.4. The van der Waals surface area contributed by atoms with Gasteiger partial charge in [0.25, 0.3) is 0 Å². The molecule has 0 saturated carbocycles. The minimum Gasteiger partial charge on any atom is -0.395 e. The van der Waals surface area contributed by atoms with Gasteiger partial charge in [-0.15, -0.1) is 11.3 Å². The number of halogens is 5. The van der Waals surface area contributed by atoms with Gasteiger partial charge in [0.1, 0.15) is 40.6 Å². The average Bonchev–Trinajstić information content (AvgIpc) is 3.48. The van der Waals surface area contributed by atoms with Gasteiger partial charge in [0, 0.05) is 29.8 Å². The molecule has 3 N–H and O–H groups in total. The zero-order valence-corrected chi connectivity index (χ0v) is 21.8. The minimum atomic E-state index is -4.71. The van der Waals surface area contributed by atoms with Gasteiger partial charge < -0.3 is 25.3 Å². The Morgan fingerprint density at radius 2 is 2.16 bits per heavy atom. The molecule has 2 fully saturated rings. The summed E-state index contributed by atoms with van der Waals surface area (Å²) < 4.78 is 60.5. The Hall–Kier alpha value is -2.86. The highest BCUT2D eigenvalue weighted by Gasteiger charge is 2.53. The first-order chi connectivity index (χ1) is 18.1. The van der Waals surface area contributed by atoms with Gasteiger partial charge in [0.05, 0.1) is 35.3 Å². The molecule has 5 rings (SSSR count). The fourth-order valence-corrected chi connectivity index (χ4v) is 5.52. The van der Waals surface area contributed by atoms with E-state index in [1.54, 1.807) is 11.6 Å². The molecule has 0 amide bonds. The molecule has 15 heteroatoms. The van der Waals surface area contributed by atoms with Crippen molar-refractivity contribution < 1.29 is 27.4 Å². The van der Waals surface area contributed by atoms with Crippen LogP contribution in [0.25, 0.3) is 11.4 Å². The summed E-state index contributed by atoms with van der Waals surface area (Å²) in [6, 6.07) is 5.87. The van der Waals surface area contributed by atoms with Crippen LogP contribution in [0.2, 0.25) is 10.2 Å². The molecule has 0 radical (unpaired) electrons. The summed E-state index contributed by atoms with van der Waals surface area (Å²) in [5.74, 6) is 0. The van der Waals surface area contributed by atoms with Crippen LogP contribution >= 0.6 is 34.5 Å². The van der Waals surface area contributed by atoms with E-state index < -0.39 is 42.2 Å². The Labute approximate surface area is 228 Å². The molecule has 2 saturated heterocycles. The second-order valence-corrected chi connectivity index (χ2v) is 10.2. The molecule has 38 heavy (non-hydrogen) atoms.